The predicted octanol–water partition coefficient (Wildman–Crippen LogP) is 5.57. The molecule has 2 aromatic carbocycles. The van der Waals surface area contributed by atoms with Gasteiger partial charge in [-0.3, -0.25) is 10.6 Å². The highest BCUT2D eigenvalue weighted by atomic mass is 35.5. The highest BCUT2D eigenvalue weighted by Crippen LogP contribution is 2.14. The Labute approximate surface area is 221 Å². The van der Waals surface area contributed by atoms with E-state index in [4.69, 9.17) is 42.9 Å². The summed E-state index contributed by atoms with van der Waals surface area (Å²) in [5.41, 5.74) is 1.34. The summed E-state index contributed by atoms with van der Waals surface area (Å²) in [6.07, 6.45) is 0.0244. The van der Waals surface area contributed by atoms with Gasteiger partial charge >= 0.3 is 12.2 Å². The average molecular weight is 537 g/mol. The van der Waals surface area contributed by atoms with Crippen molar-refractivity contribution in [3.8, 4) is 23.7 Å². The molecule has 2 aromatic rings. The number of benzene rings is 2. The van der Waals surface area contributed by atoms with Crippen LogP contribution in [0.25, 0.3) is 0 Å². The van der Waals surface area contributed by atoms with E-state index in [0.717, 1.165) is 0 Å². The summed E-state index contributed by atoms with van der Waals surface area (Å²) in [5, 5.41) is 22.9. The zero-order valence-corrected chi connectivity index (χ0v) is 21.7. The molecule has 0 aromatic heterocycles. The molecular weight excluding hydrogens is 507 g/mol. The lowest BCUT2D eigenvalue weighted by Gasteiger charge is -2.04. The van der Waals surface area contributed by atoms with E-state index in [1.807, 2.05) is 0 Å². The minimum Gasteiger partial charge on any atom is -0.450 e. The first-order valence-electron chi connectivity index (χ1n) is 10.9. The van der Waals surface area contributed by atoms with Gasteiger partial charge in [-0.15, -0.1) is 0 Å². The first-order chi connectivity index (χ1) is 17.4. The molecule has 36 heavy (non-hydrogen) atoms. The molecule has 10 heteroatoms. The van der Waals surface area contributed by atoms with E-state index >= 15 is 0 Å². The number of rotatable bonds is 6. The van der Waals surface area contributed by atoms with Gasteiger partial charge in [0.25, 0.3) is 0 Å². The van der Waals surface area contributed by atoms with Crippen molar-refractivity contribution in [2.45, 2.75) is 26.7 Å². The Balaban J connectivity index is 0.000000517. The van der Waals surface area contributed by atoms with Crippen LogP contribution in [-0.4, -0.2) is 48.8 Å². The van der Waals surface area contributed by atoms with E-state index in [0.29, 0.717) is 47.5 Å². The Morgan fingerprint density at radius 2 is 1.06 bits per heavy atom. The van der Waals surface area contributed by atoms with Crippen LogP contribution in [0.5, 0.6) is 0 Å². The number of carbonyl (C=O) groups is 2. The molecule has 0 radical (unpaired) electrons. The number of nitrogens with one attached hydrogen (secondary N) is 2. The maximum absolute atomic E-state index is 10.9. The number of anilines is 2. The lowest BCUT2D eigenvalue weighted by molar-refractivity contribution is 0.167. The number of aliphatic hydroxyl groups is 2. The van der Waals surface area contributed by atoms with Gasteiger partial charge in [0.05, 0.1) is 26.4 Å². The minimum absolute atomic E-state index is 0.0781. The Bertz CT molecular complexity index is 924. The van der Waals surface area contributed by atoms with Crippen LogP contribution in [0.3, 0.4) is 0 Å². The van der Waals surface area contributed by atoms with Gasteiger partial charge in [-0.05, 0) is 74.2 Å². The number of ether oxygens (including phenoxy) is 2. The van der Waals surface area contributed by atoms with Gasteiger partial charge in [-0.25, -0.2) is 9.59 Å². The lowest BCUT2D eigenvalue weighted by Crippen LogP contribution is -2.12. The summed E-state index contributed by atoms with van der Waals surface area (Å²) in [5.74, 6) is 10.4. The predicted molar refractivity (Wildman–Crippen MR) is 143 cm³/mol. The van der Waals surface area contributed by atoms with Crippen molar-refractivity contribution >= 4 is 46.8 Å². The van der Waals surface area contributed by atoms with Crippen molar-refractivity contribution in [2.24, 2.45) is 0 Å². The molecule has 0 aliphatic carbocycles. The number of carbonyl (C=O) groups excluding carboxylic acids is 2. The maximum Gasteiger partial charge on any atom is 0.411 e. The van der Waals surface area contributed by atoms with E-state index < -0.39 is 12.2 Å². The summed E-state index contributed by atoms with van der Waals surface area (Å²) in [6.45, 7) is 4.38. The highest BCUT2D eigenvalue weighted by Gasteiger charge is 2.01. The molecule has 0 saturated carbocycles. The Morgan fingerprint density at radius 1 is 0.722 bits per heavy atom. The van der Waals surface area contributed by atoms with Gasteiger partial charge in [-0.1, -0.05) is 35.0 Å². The van der Waals surface area contributed by atoms with Crippen molar-refractivity contribution in [1.82, 2.24) is 0 Å². The quantitative estimate of drug-likeness (QED) is 0.358. The zero-order chi connectivity index (χ0) is 27.0. The van der Waals surface area contributed by atoms with E-state index in [1.165, 1.54) is 0 Å². The molecular formula is C26H30Cl2N2O6. The third-order valence-corrected chi connectivity index (χ3v) is 3.95. The van der Waals surface area contributed by atoms with Crippen LogP contribution in [0.2, 0.25) is 10.0 Å². The Morgan fingerprint density at radius 3 is 1.33 bits per heavy atom. The highest BCUT2D eigenvalue weighted by molar-refractivity contribution is 6.30. The van der Waals surface area contributed by atoms with E-state index in [-0.39, 0.29) is 13.2 Å². The molecule has 0 atom stereocenters. The second-order valence-corrected chi connectivity index (χ2v) is 7.13. The third kappa shape index (κ3) is 19.0. The molecule has 0 saturated heterocycles. The zero-order valence-electron chi connectivity index (χ0n) is 20.1. The van der Waals surface area contributed by atoms with Crippen molar-refractivity contribution in [2.75, 3.05) is 37.1 Å². The number of halogens is 2. The van der Waals surface area contributed by atoms with Crippen LogP contribution in [0, 0.1) is 23.7 Å². The molecule has 2 rings (SSSR count). The van der Waals surface area contributed by atoms with E-state index in [1.54, 1.807) is 62.4 Å². The van der Waals surface area contributed by atoms with Gasteiger partial charge in [0.2, 0.25) is 0 Å². The number of aliphatic hydroxyl groups excluding tert-OH is 2. The van der Waals surface area contributed by atoms with Crippen LogP contribution in [0.4, 0.5) is 21.0 Å². The van der Waals surface area contributed by atoms with Crippen LogP contribution in [0.1, 0.15) is 26.7 Å². The van der Waals surface area contributed by atoms with Crippen LogP contribution in [0.15, 0.2) is 48.5 Å². The SMILES string of the molecule is CCOC(=O)Nc1ccc(Cl)cc1.CCOC(=O)Nc1ccc(Cl)cc1.OCCC#CC#CCCO. The lowest BCUT2D eigenvalue weighted by atomic mass is 10.3. The molecule has 194 valence electrons. The molecule has 0 bridgehead atoms. The fourth-order valence-corrected chi connectivity index (χ4v) is 2.21. The summed E-state index contributed by atoms with van der Waals surface area (Å²) in [7, 11) is 0. The first-order valence-corrected chi connectivity index (χ1v) is 11.7. The minimum atomic E-state index is -0.454. The monoisotopic (exact) mass is 536 g/mol. The molecule has 0 heterocycles. The normalized spacial score (nSPS) is 8.72. The summed E-state index contributed by atoms with van der Waals surface area (Å²) >= 11 is 11.3. The van der Waals surface area contributed by atoms with Gasteiger partial charge < -0.3 is 19.7 Å². The fraction of sp³-hybridized carbons (Fsp3) is 0.308. The Hall–Kier alpha value is -3.40. The van der Waals surface area contributed by atoms with E-state index in [2.05, 4.69) is 34.3 Å². The van der Waals surface area contributed by atoms with Gasteiger partial charge in [-0.2, -0.15) is 0 Å². The van der Waals surface area contributed by atoms with Gasteiger partial charge in [0.1, 0.15) is 0 Å². The second-order valence-electron chi connectivity index (χ2n) is 6.26. The molecule has 2 amide bonds. The largest absolute Gasteiger partial charge is 0.450 e. The third-order valence-electron chi connectivity index (χ3n) is 3.44. The van der Waals surface area contributed by atoms with Crippen molar-refractivity contribution in [3.05, 3.63) is 58.6 Å². The van der Waals surface area contributed by atoms with Crippen molar-refractivity contribution in [1.29, 1.82) is 0 Å². The maximum atomic E-state index is 10.9. The van der Waals surface area contributed by atoms with Crippen molar-refractivity contribution in [3.63, 3.8) is 0 Å². The first kappa shape index (κ1) is 32.6. The van der Waals surface area contributed by atoms with Crippen LogP contribution in [-0.2, 0) is 9.47 Å². The van der Waals surface area contributed by atoms with E-state index in [9.17, 15) is 9.59 Å². The molecule has 0 fully saturated rings. The number of hydrogen-bond acceptors (Lipinski definition) is 6. The fourth-order valence-electron chi connectivity index (χ4n) is 1.96. The average Bonchev–Trinajstić information content (AvgIpc) is 2.85. The molecule has 8 nitrogen and oxygen atoms in total. The molecule has 0 unspecified atom stereocenters. The topological polar surface area (TPSA) is 117 Å². The van der Waals surface area contributed by atoms with Gasteiger partial charge in [0.15, 0.2) is 0 Å². The molecule has 0 spiro atoms. The van der Waals surface area contributed by atoms with Crippen molar-refractivity contribution < 1.29 is 29.3 Å². The van der Waals surface area contributed by atoms with Crippen LogP contribution >= 0.6 is 23.2 Å². The smallest absolute Gasteiger partial charge is 0.411 e. The van der Waals surface area contributed by atoms with Gasteiger partial charge in [0, 0.05) is 34.3 Å². The number of hydrogen-bond donors (Lipinski definition) is 4. The number of amides is 2. The summed E-state index contributed by atoms with van der Waals surface area (Å²) in [4.78, 5) is 21.9. The molecule has 4 N–H and O–H groups in total. The molecule has 0 aliphatic rings. The Kier molecular flexibility index (Phi) is 20.0. The molecule has 0 aliphatic heterocycles. The van der Waals surface area contributed by atoms with Crippen LogP contribution < -0.4 is 10.6 Å². The second kappa shape index (κ2) is 22.1. The summed E-state index contributed by atoms with van der Waals surface area (Å²) in [6, 6.07) is 13.6. The standard InChI is InChI=1S/2C9H10ClNO2.C8H10O2/c2*1-2-13-9(12)11-8-5-3-7(10)4-6-8;9-7-5-3-1-2-4-6-8-10/h2*3-6H,2H2,1H3,(H,11,12);9-10H,5-8H2. The summed E-state index contributed by atoms with van der Waals surface area (Å²) < 4.78 is 9.39.